The summed E-state index contributed by atoms with van der Waals surface area (Å²) in [5, 5.41) is 8.11. The number of carbonyl (C=O) groups is 1. The second kappa shape index (κ2) is 6.26. The third-order valence-electron chi connectivity index (χ3n) is 1.58. The maximum atomic E-state index is 9.91. The van der Waals surface area contributed by atoms with Crippen LogP contribution in [0.15, 0.2) is 12.3 Å². The normalized spacial score (nSPS) is 11.6. The first-order valence-electron chi connectivity index (χ1n) is 4.33. The summed E-state index contributed by atoms with van der Waals surface area (Å²) in [4.78, 5) is 19.6. The maximum Gasteiger partial charge on any atom is 0.506 e. The van der Waals surface area contributed by atoms with Crippen LogP contribution in [0.2, 0.25) is 0 Å². The van der Waals surface area contributed by atoms with Gasteiger partial charge in [-0.15, -0.1) is 0 Å². The van der Waals surface area contributed by atoms with Crippen molar-refractivity contribution < 1.29 is 24.4 Å². The average Bonchev–Trinajstić information content (AvgIpc) is 2.10. The molecule has 0 atom stereocenters. The summed E-state index contributed by atoms with van der Waals surface area (Å²) in [5.74, 6) is 0. The standard InChI is InChI=1S/C9H16O5/c1-4-9(2,3)14-13-7-5-6-12-8(10)11/h5,7H,4,6H2,1-3H3,(H,10,11). The second-order valence-electron chi connectivity index (χ2n) is 3.24. The van der Waals surface area contributed by atoms with E-state index in [2.05, 4.69) is 4.74 Å². The number of hydrogen-bond acceptors (Lipinski definition) is 4. The summed E-state index contributed by atoms with van der Waals surface area (Å²) < 4.78 is 4.19. The Kier molecular flexibility index (Phi) is 5.71. The van der Waals surface area contributed by atoms with Crippen molar-refractivity contribution in [1.29, 1.82) is 0 Å². The highest BCUT2D eigenvalue weighted by molar-refractivity contribution is 5.56. The molecule has 0 bridgehead atoms. The minimum absolute atomic E-state index is 0.0504. The van der Waals surface area contributed by atoms with Crippen LogP contribution >= 0.6 is 0 Å². The predicted molar refractivity (Wildman–Crippen MR) is 49.7 cm³/mol. The first kappa shape index (κ1) is 12.8. The summed E-state index contributed by atoms with van der Waals surface area (Å²) >= 11 is 0. The smallest absolute Gasteiger partial charge is 0.450 e. The van der Waals surface area contributed by atoms with Gasteiger partial charge in [0.15, 0.2) is 0 Å². The van der Waals surface area contributed by atoms with Crippen LogP contribution in [-0.2, 0) is 14.5 Å². The molecule has 0 amide bonds. The molecular formula is C9H16O5. The Hall–Kier alpha value is -1.23. The van der Waals surface area contributed by atoms with Crippen molar-refractivity contribution in [2.45, 2.75) is 32.8 Å². The van der Waals surface area contributed by atoms with Gasteiger partial charge in [-0.05, 0) is 26.3 Å². The lowest BCUT2D eigenvalue weighted by Gasteiger charge is -2.19. The molecule has 0 saturated heterocycles. The zero-order chi connectivity index (χ0) is 11.0. The molecule has 5 nitrogen and oxygen atoms in total. The third-order valence-corrected chi connectivity index (χ3v) is 1.58. The fraction of sp³-hybridized carbons (Fsp3) is 0.667. The van der Waals surface area contributed by atoms with E-state index in [1.54, 1.807) is 0 Å². The Morgan fingerprint density at radius 3 is 2.64 bits per heavy atom. The van der Waals surface area contributed by atoms with Crippen LogP contribution in [0, 0.1) is 0 Å². The summed E-state index contributed by atoms with van der Waals surface area (Å²) in [5.41, 5.74) is -0.349. The molecule has 0 rings (SSSR count). The van der Waals surface area contributed by atoms with Crippen molar-refractivity contribution in [1.82, 2.24) is 0 Å². The van der Waals surface area contributed by atoms with E-state index in [0.29, 0.717) is 0 Å². The van der Waals surface area contributed by atoms with E-state index >= 15 is 0 Å². The van der Waals surface area contributed by atoms with Crippen molar-refractivity contribution in [3.63, 3.8) is 0 Å². The molecule has 5 heteroatoms. The molecule has 14 heavy (non-hydrogen) atoms. The molecule has 0 aliphatic carbocycles. The molecule has 0 radical (unpaired) electrons. The maximum absolute atomic E-state index is 9.91. The zero-order valence-electron chi connectivity index (χ0n) is 8.65. The van der Waals surface area contributed by atoms with Gasteiger partial charge in [0.25, 0.3) is 0 Å². The fourth-order valence-electron chi connectivity index (χ4n) is 0.415. The number of rotatable bonds is 6. The minimum Gasteiger partial charge on any atom is -0.450 e. The molecule has 0 fully saturated rings. The second-order valence-corrected chi connectivity index (χ2v) is 3.24. The van der Waals surface area contributed by atoms with Crippen LogP contribution < -0.4 is 0 Å². The number of carboxylic acid groups (broad SMARTS) is 1. The molecule has 0 heterocycles. The Bertz CT molecular complexity index is 197. The van der Waals surface area contributed by atoms with Gasteiger partial charge < -0.3 is 14.7 Å². The van der Waals surface area contributed by atoms with Crippen molar-refractivity contribution >= 4 is 6.16 Å². The van der Waals surface area contributed by atoms with Crippen LogP contribution in [-0.4, -0.2) is 23.5 Å². The van der Waals surface area contributed by atoms with Crippen molar-refractivity contribution in [3.05, 3.63) is 12.3 Å². The lowest BCUT2D eigenvalue weighted by Crippen LogP contribution is -2.21. The Balaban J connectivity index is 3.49. The molecule has 0 aromatic heterocycles. The summed E-state index contributed by atoms with van der Waals surface area (Å²) in [6, 6.07) is 0. The highest BCUT2D eigenvalue weighted by Crippen LogP contribution is 2.13. The summed E-state index contributed by atoms with van der Waals surface area (Å²) in [6.45, 7) is 5.69. The predicted octanol–water partition coefficient (Wildman–Crippen LogP) is 2.33. The lowest BCUT2D eigenvalue weighted by atomic mass is 10.1. The van der Waals surface area contributed by atoms with E-state index in [1.807, 2.05) is 20.8 Å². The van der Waals surface area contributed by atoms with Crippen molar-refractivity contribution in [2.24, 2.45) is 0 Å². The van der Waals surface area contributed by atoms with Crippen LogP contribution in [0.3, 0.4) is 0 Å². The van der Waals surface area contributed by atoms with E-state index in [0.717, 1.165) is 6.42 Å². The van der Waals surface area contributed by atoms with Crippen LogP contribution in [0.1, 0.15) is 27.2 Å². The van der Waals surface area contributed by atoms with Crippen LogP contribution in [0.5, 0.6) is 0 Å². The topological polar surface area (TPSA) is 65.0 Å². The molecule has 0 saturated carbocycles. The van der Waals surface area contributed by atoms with Gasteiger partial charge in [-0.25, -0.2) is 4.79 Å². The van der Waals surface area contributed by atoms with E-state index < -0.39 is 6.16 Å². The van der Waals surface area contributed by atoms with Gasteiger partial charge >= 0.3 is 6.16 Å². The van der Waals surface area contributed by atoms with E-state index in [-0.39, 0.29) is 12.2 Å². The third kappa shape index (κ3) is 7.42. The molecule has 0 spiro atoms. The van der Waals surface area contributed by atoms with Crippen LogP contribution in [0.4, 0.5) is 4.79 Å². The van der Waals surface area contributed by atoms with Gasteiger partial charge in [0, 0.05) is 0 Å². The minimum atomic E-state index is -1.32. The van der Waals surface area contributed by atoms with Gasteiger partial charge in [0.2, 0.25) is 0 Å². The Morgan fingerprint density at radius 1 is 1.50 bits per heavy atom. The lowest BCUT2D eigenvalue weighted by molar-refractivity contribution is -0.316. The average molecular weight is 204 g/mol. The molecule has 0 aliphatic rings. The largest absolute Gasteiger partial charge is 0.506 e. The van der Waals surface area contributed by atoms with E-state index in [4.69, 9.17) is 14.9 Å². The molecular weight excluding hydrogens is 188 g/mol. The SMILES string of the molecule is CCC(C)(C)OOC=CCOC(=O)O. The Labute approximate surface area is 83.2 Å². The molecule has 0 aromatic carbocycles. The highest BCUT2D eigenvalue weighted by Gasteiger charge is 2.16. The van der Waals surface area contributed by atoms with Crippen LogP contribution in [0.25, 0.3) is 0 Å². The number of hydrogen-bond donors (Lipinski definition) is 1. The van der Waals surface area contributed by atoms with Gasteiger partial charge in [-0.1, -0.05) is 6.92 Å². The van der Waals surface area contributed by atoms with Gasteiger partial charge in [0.05, 0.1) is 0 Å². The van der Waals surface area contributed by atoms with Gasteiger partial charge in [0.1, 0.15) is 18.5 Å². The molecule has 1 N–H and O–H groups in total. The van der Waals surface area contributed by atoms with Gasteiger partial charge in [-0.3, -0.25) is 0 Å². The van der Waals surface area contributed by atoms with Gasteiger partial charge in [-0.2, -0.15) is 4.89 Å². The molecule has 0 aliphatic heterocycles. The zero-order valence-corrected chi connectivity index (χ0v) is 8.65. The first-order chi connectivity index (χ1) is 6.48. The molecule has 0 aromatic rings. The summed E-state index contributed by atoms with van der Waals surface area (Å²) in [7, 11) is 0. The van der Waals surface area contributed by atoms with Crippen molar-refractivity contribution in [2.75, 3.05) is 6.61 Å². The Morgan fingerprint density at radius 2 is 2.14 bits per heavy atom. The first-order valence-corrected chi connectivity index (χ1v) is 4.33. The summed E-state index contributed by atoms with van der Waals surface area (Å²) in [6.07, 6.45) is 2.15. The monoisotopic (exact) mass is 204 g/mol. The molecule has 82 valence electrons. The van der Waals surface area contributed by atoms with E-state index in [1.165, 1.54) is 12.3 Å². The van der Waals surface area contributed by atoms with E-state index in [9.17, 15) is 4.79 Å². The number of ether oxygens (including phenoxy) is 1. The highest BCUT2D eigenvalue weighted by atomic mass is 17.2. The quantitative estimate of drug-likeness (QED) is 0.311. The van der Waals surface area contributed by atoms with Crippen molar-refractivity contribution in [3.8, 4) is 0 Å². The fourth-order valence-corrected chi connectivity index (χ4v) is 0.415. The molecule has 0 unspecified atom stereocenters.